The standard InChI is InChI=1S/C23H19F3N4S.C2H6/c1-22(2)13-30(18-8-4-3-6-15(18)22)20-16(7-5-11-27-20)28-21-29-17-12-14(23(24,25)26)9-10-19(17)31-21;1-2/h3-12H,13H2,1-2H3,(H,28,29);1-2H3. The minimum Gasteiger partial charge on any atom is -0.328 e. The third-order valence-corrected chi connectivity index (χ3v) is 6.43. The molecule has 0 saturated carbocycles. The Morgan fingerprint density at radius 2 is 1.79 bits per heavy atom. The molecule has 4 nitrogen and oxygen atoms in total. The molecule has 0 amide bonds. The lowest BCUT2D eigenvalue weighted by atomic mass is 9.87. The summed E-state index contributed by atoms with van der Waals surface area (Å²) in [7, 11) is 0. The molecule has 5 rings (SSSR count). The van der Waals surface area contributed by atoms with Gasteiger partial charge in [-0.1, -0.05) is 57.2 Å². The molecule has 0 atom stereocenters. The fraction of sp³-hybridized carbons (Fsp3) is 0.280. The van der Waals surface area contributed by atoms with E-state index >= 15 is 0 Å². The lowest BCUT2D eigenvalue weighted by molar-refractivity contribution is -0.137. The van der Waals surface area contributed by atoms with E-state index in [1.54, 1.807) is 6.20 Å². The number of anilines is 4. The number of nitrogens with one attached hydrogen (secondary N) is 1. The van der Waals surface area contributed by atoms with Gasteiger partial charge >= 0.3 is 6.18 Å². The maximum atomic E-state index is 13.0. The topological polar surface area (TPSA) is 41.1 Å². The maximum absolute atomic E-state index is 13.0. The molecule has 4 aromatic rings. The summed E-state index contributed by atoms with van der Waals surface area (Å²) in [6, 6.07) is 15.6. The molecule has 0 unspecified atom stereocenters. The number of rotatable bonds is 3. The van der Waals surface area contributed by atoms with Crippen LogP contribution in [0.1, 0.15) is 38.8 Å². The van der Waals surface area contributed by atoms with E-state index in [2.05, 4.69) is 46.2 Å². The summed E-state index contributed by atoms with van der Waals surface area (Å²) in [6.45, 7) is 9.17. The van der Waals surface area contributed by atoms with E-state index in [1.807, 2.05) is 38.1 Å². The number of para-hydroxylation sites is 1. The monoisotopic (exact) mass is 470 g/mol. The Labute approximate surface area is 195 Å². The summed E-state index contributed by atoms with van der Waals surface area (Å²) in [5, 5.41) is 3.80. The fourth-order valence-electron chi connectivity index (χ4n) is 4.02. The highest BCUT2D eigenvalue weighted by atomic mass is 32.1. The smallest absolute Gasteiger partial charge is 0.328 e. The van der Waals surface area contributed by atoms with Gasteiger partial charge in [0.1, 0.15) is 0 Å². The Balaban J connectivity index is 0.00000126. The lowest BCUT2D eigenvalue weighted by Crippen LogP contribution is -2.26. The fourth-order valence-corrected chi connectivity index (χ4v) is 4.88. The quantitative estimate of drug-likeness (QED) is 0.330. The Morgan fingerprint density at radius 1 is 1.03 bits per heavy atom. The van der Waals surface area contributed by atoms with Gasteiger partial charge in [0.15, 0.2) is 10.9 Å². The zero-order chi connectivity index (χ0) is 23.8. The van der Waals surface area contributed by atoms with Crippen molar-refractivity contribution in [2.45, 2.75) is 39.3 Å². The Morgan fingerprint density at radius 3 is 2.55 bits per heavy atom. The van der Waals surface area contributed by atoms with Gasteiger partial charge in [-0.25, -0.2) is 9.97 Å². The van der Waals surface area contributed by atoms with E-state index < -0.39 is 11.7 Å². The maximum Gasteiger partial charge on any atom is 0.416 e. The van der Waals surface area contributed by atoms with Crippen LogP contribution in [0.3, 0.4) is 0 Å². The molecule has 0 bridgehead atoms. The second-order valence-corrected chi connectivity index (χ2v) is 9.22. The largest absolute Gasteiger partial charge is 0.416 e. The molecule has 8 heteroatoms. The molecule has 0 saturated heterocycles. The molecule has 2 aromatic heterocycles. The van der Waals surface area contributed by atoms with E-state index in [0.717, 1.165) is 35.9 Å². The summed E-state index contributed by atoms with van der Waals surface area (Å²) in [4.78, 5) is 11.2. The molecule has 172 valence electrons. The van der Waals surface area contributed by atoms with Crippen molar-refractivity contribution >= 4 is 43.9 Å². The summed E-state index contributed by atoms with van der Waals surface area (Å²) < 4.78 is 39.8. The average Bonchev–Trinajstić information content (AvgIpc) is 3.32. The van der Waals surface area contributed by atoms with E-state index in [4.69, 9.17) is 0 Å². The number of hydrogen-bond donors (Lipinski definition) is 1. The Bertz CT molecular complexity index is 1280. The molecular formula is C25H25F3N4S. The van der Waals surface area contributed by atoms with Gasteiger partial charge < -0.3 is 10.2 Å². The van der Waals surface area contributed by atoms with Crippen molar-refractivity contribution in [3.05, 3.63) is 71.9 Å². The third kappa shape index (κ3) is 4.39. The van der Waals surface area contributed by atoms with Crippen molar-refractivity contribution in [3.63, 3.8) is 0 Å². The number of alkyl halides is 3. The van der Waals surface area contributed by atoms with Gasteiger partial charge in [-0.3, -0.25) is 0 Å². The summed E-state index contributed by atoms with van der Waals surface area (Å²) >= 11 is 1.31. The van der Waals surface area contributed by atoms with Crippen LogP contribution in [-0.2, 0) is 11.6 Å². The van der Waals surface area contributed by atoms with Gasteiger partial charge in [0.05, 0.1) is 21.5 Å². The molecule has 0 aliphatic carbocycles. The lowest BCUT2D eigenvalue weighted by Gasteiger charge is -2.23. The van der Waals surface area contributed by atoms with Crippen LogP contribution in [0.2, 0.25) is 0 Å². The first kappa shape index (κ1) is 23.0. The van der Waals surface area contributed by atoms with Crippen molar-refractivity contribution in [1.29, 1.82) is 0 Å². The van der Waals surface area contributed by atoms with Crippen molar-refractivity contribution < 1.29 is 13.2 Å². The number of benzene rings is 2. The first-order valence-corrected chi connectivity index (χ1v) is 11.6. The highest BCUT2D eigenvalue weighted by Crippen LogP contribution is 2.45. The van der Waals surface area contributed by atoms with E-state index in [1.165, 1.54) is 23.0 Å². The number of nitrogens with zero attached hydrogens (tertiary/aromatic N) is 3. The summed E-state index contributed by atoms with van der Waals surface area (Å²) in [5.74, 6) is 0.760. The van der Waals surface area contributed by atoms with Crippen LogP contribution < -0.4 is 10.2 Å². The van der Waals surface area contributed by atoms with Crippen molar-refractivity contribution in [1.82, 2.24) is 9.97 Å². The van der Waals surface area contributed by atoms with E-state index in [-0.39, 0.29) is 5.41 Å². The van der Waals surface area contributed by atoms with Crippen LogP contribution in [0.15, 0.2) is 60.8 Å². The molecule has 3 heterocycles. The molecule has 0 fully saturated rings. The number of pyridine rings is 1. The molecule has 33 heavy (non-hydrogen) atoms. The zero-order valence-electron chi connectivity index (χ0n) is 18.9. The molecule has 1 aliphatic rings. The predicted octanol–water partition coefficient (Wildman–Crippen LogP) is 7.91. The minimum atomic E-state index is -4.39. The van der Waals surface area contributed by atoms with Crippen molar-refractivity contribution in [2.75, 3.05) is 16.8 Å². The van der Waals surface area contributed by atoms with Crippen molar-refractivity contribution in [3.8, 4) is 0 Å². The second-order valence-electron chi connectivity index (χ2n) is 8.19. The summed E-state index contributed by atoms with van der Waals surface area (Å²) in [6.07, 6.45) is -2.65. The van der Waals surface area contributed by atoms with Gasteiger partial charge in [-0.2, -0.15) is 13.2 Å². The first-order chi connectivity index (χ1) is 15.7. The highest BCUT2D eigenvalue weighted by molar-refractivity contribution is 7.22. The van der Waals surface area contributed by atoms with Crippen LogP contribution >= 0.6 is 11.3 Å². The van der Waals surface area contributed by atoms with E-state index in [0.29, 0.717) is 15.3 Å². The Hall–Kier alpha value is -3.13. The van der Waals surface area contributed by atoms with Crippen LogP contribution in [0.25, 0.3) is 10.2 Å². The molecule has 0 radical (unpaired) electrons. The third-order valence-electron chi connectivity index (χ3n) is 5.48. The minimum absolute atomic E-state index is 0.0325. The molecule has 1 aliphatic heterocycles. The molecule has 0 spiro atoms. The normalized spacial score (nSPS) is 14.6. The van der Waals surface area contributed by atoms with Gasteiger partial charge in [0.25, 0.3) is 0 Å². The zero-order valence-corrected chi connectivity index (χ0v) is 19.7. The van der Waals surface area contributed by atoms with Crippen LogP contribution in [0.4, 0.5) is 35.5 Å². The summed E-state index contributed by atoms with van der Waals surface area (Å²) in [5.41, 5.74) is 2.70. The molecule has 1 N–H and O–H groups in total. The van der Waals surface area contributed by atoms with Crippen LogP contribution in [-0.4, -0.2) is 16.5 Å². The van der Waals surface area contributed by atoms with Crippen LogP contribution in [0.5, 0.6) is 0 Å². The predicted molar refractivity (Wildman–Crippen MR) is 130 cm³/mol. The highest BCUT2D eigenvalue weighted by Gasteiger charge is 2.36. The molecule has 2 aromatic carbocycles. The number of aromatic nitrogens is 2. The first-order valence-electron chi connectivity index (χ1n) is 10.8. The Kier molecular flexibility index (Phi) is 6.05. The van der Waals surface area contributed by atoms with Crippen LogP contribution in [0, 0.1) is 0 Å². The SMILES string of the molecule is CC.CC1(C)CN(c2ncccc2Nc2nc3cc(C(F)(F)F)ccc3s2)c2ccccc21. The average molecular weight is 471 g/mol. The number of thiazole rings is 1. The molecular weight excluding hydrogens is 445 g/mol. The van der Waals surface area contributed by atoms with Gasteiger partial charge in [0.2, 0.25) is 0 Å². The second kappa shape index (κ2) is 8.67. The van der Waals surface area contributed by atoms with Crippen molar-refractivity contribution in [2.24, 2.45) is 0 Å². The van der Waals surface area contributed by atoms with Gasteiger partial charge in [-0.15, -0.1) is 0 Å². The van der Waals surface area contributed by atoms with E-state index in [9.17, 15) is 13.2 Å². The number of hydrogen-bond acceptors (Lipinski definition) is 5. The number of halogens is 3. The van der Waals surface area contributed by atoms with Gasteiger partial charge in [-0.05, 0) is 42.0 Å². The van der Waals surface area contributed by atoms with Gasteiger partial charge in [0, 0.05) is 23.8 Å². The number of fused-ring (bicyclic) bond motifs is 2.